The zero-order valence-corrected chi connectivity index (χ0v) is 7.62. The van der Waals surface area contributed by atoms with E-state index in [2.05, 4.69) is 0 Å². The van der Waals surface area contributed by atoms with Crippen LogP contribution in [0.15, 0.2) is 12.2 Å². The van der Waals surface area contributed by atoms with Gasteiger partial charge in [0.1, 0.15) is 6.29 Å². The molecule has 1 amide bonds. The number of rotatable bonds is 5. The van der Waals surface area contributed by atoms with Crippen molar-refractivity contribution in [1.29, 1.82) is 0 Å². The van der Waals surface area contributed by atoms with E-state index in [4.69, 9.17) is 0 Å². The van der Waals surface area contributed by atoms with Gasteiger partial charge in [0.25, 0.3) is 0 Å². The Morgan fingerprint density at radius 3 is 2.50 bits per heavy atom. The second kappa shape index (κ2) is 6.58. The maximum absolute atomic E-state index is 10.9. The minimum atomic E-state index is -0.0129. The third-order valence-electron chi connectivity index (χ3n) is 1.39. The third-order valence-corrected chi connectivity index (χ3v) is 1.39. The molecule has 0 aliphatic rings. The van der Waals surface area contributed by atoms with E-state index in [1.807, 2.05) is 0 Å². The lowest BCUT2D eigenvalue weighted by Gasteiger charge is -2.04. The van der Waals surface area contributed by atoms with Gasteiger partial charge in [-0.2, -0.15) is 0 Å². The van der Waals surface area contributed by atoms with Crippen LogP contribution in [0.25, 0.3) is 0 Å². The summed E-state index contributed by atoms with van der Waals surface area (Å²) in [4.78, 5) is 22.4. The molecule has 0 fully saturated rings. The summed E-state index contributed by atoms with van der Waals surface area (Å²) < 4.78 is 0. The van der Waals surface area contributed by atoms with Crippen LogP contribution in [0.2, 0.25) is 0 Å². The van der Waals surface area contributed by atoms with Crippen molar-refractivity contribution in [3.05, 3.63) is 12.2 Å². The first-order valence-electron chi connectivity index (χ1n) is 4.00. The van der Waals surface area contributed by atoms with Crippen LogP contribution in [-0.4, -0.2) is 31.2 Å². The van der Waals surface area contributed by atoms with Crippen LogP contribution in [0.1, 0.15) is 19.3 Å². The largest absolute Gasteiger partial charge is 0.345 e. The Labute approximate surface area is 73.1 Å². The first-order chi connectivity index (χ1) is 5.68. The van der Waals surface area contributed by atoms with Crippen molar-refractivity contribution in [2.75, 3.05) is 14.1 Å². The molecular formula is C9H15NO2. The topological polar surface area (TPSA) is 37.4 Å². The highest BCUT2D eigenvalue weighted by Gasteiger charge is 1.94. The number of likely N-dealkylation sites (N-methyl/N-ethyl adjacent to an activating group) is 1. The number of nitrogens with zero attached hydrogens (tertiary/aromatic N) is 1. The summed E-state index contributed by atoms with van der Waals surface area (Å²) in [7, 11) is 3.41. The van der Waals surface area contributed by atoms with Crippen molar-refractivity contribution < 1.29 is 9.59 Å². The van der Waals surface area contributed by atoms with Crippen LogP contribution in [0.5, 0.6) is 0 Å². The average Bonchev–Trinajstić information content (AvgIpc) is 2.03. The fourth-order valence-electron chi connectivity index (χ4n) is 0.652. The van der Waals surface area contributed by atoms with Crippen molar-refractivity contribution in [3.63, 3.8) is 0 Å². The molecule has 0 aromatic heterocycles. The number of allylic oxidation sites excluding steroid dienone is 1. The Balaban J connectivity index is 3.48. The highest BCUT2D eigenvalue weighted by molar-refractivity contribution is 5.87. The molecule has 0 N–H and O–H groups in total. The summed E-state index contributed by atoms with van der Waals surface area (Å²) in [6.07, 6.45) is 6.40. The van der Waals surface area contributed by atoms with Gasteiger partial charge in [0.05, 0.1) is 0 Å². The van der Waals surface area contributed by atoms with E-state index < -0.39 is 0 Å². The zero-order valence-electron chi connectivity index (χ0n) is 7.62. The number of carbonyl (C=O) groups is 2. The highest BCUT2D eigenvalue weighted by atomic mass is 16.2. The zero-order chi connectivity index (χ0) is 9.40. The molecule has 3 heteroatoms. The van der Waals surface area contributed by atoms with Crippen LogP contribution < -0.4 is 0 Å². The van der Waals surface area contributed by atoms with Gasteiger partial charge in [-0.1, -0.05) is 6.08 Å². The molecule has 0 bridgehead atoms. The lowest BCUT2D eigenvalue weighted by Crippen LogP contribution is -2.18. The molecule has 0 unspecified atom stereocenters. The number of aldehydes is 1. The molecule has 0 aliphatic carbocycles. The lowest BCUT2D eigenvalue weighted by molar-refractivity contribution is -0.123. The van der Waals surface area contributed by atoms with Crippen molar-refractivity contribution in [1.82, 2.24) is 4.90 Å². The van der Waals surface area contributed by atoms with Gasteiger partial charge in [-0.25, -0.2) is 0 Å². The van der Waals surface area contributed by atoms with Crippen LogP contribution in [0.3, 0.4) is 0 Å². The van der Waals surface area contributed by atoms with E-state index >= 15 is 0 Å². The summed E-state index contributed by atoms with van der Waals surface area (Å²) in [5.74, 6) is -0.0129. The van der Waals surface area contributed by atoms with Gasteiger partial charge in [-0.15, -0.1) is 0 Å². The summed E-state index contributed by atoms with van der Waals surface area (Å²) in [5, 5.41) is 0. The van der Waals surface area contributed by atoms with Crippen molar-refractivity contribution in [2.45, 2.75) is 19.3 Å². The smallest absolute Gasteiger partial charge is 0.245 e. The molecule has 0 spiro atoms. The van der Waals surface area contributed by atoms with Gasteiger partial charge in [0, 0.05) is 20.5 Å². The predicted molar refractivity (Wildman–Crippen MR) is 47.7 cm³/mol. The molecule has 0 rings (SSSR count). The molecule has 3 nitrogen and oxygen atoms in total. The van der Waals surface area contributed by atoms with E-state index in [1.54, 1.807) is 20.2 Å². The molecule has 12 heavy (non-hydrogen) atoms. The van der Waals surface area contributed by atoms with Crippen molar-refractivity contribution in [2.24, 2.45) is 0 Å². The Morgan fingerprint density at radius 1 is 1.33 bits per heavy atom. The fraction of sp³-hybridized carbons (Fsp3) is 0.556. The van der Waals surface area contributed by atoms with Crippen LogP contribution in [-0.2, 0) is 9.59 Å². The molecule has 0 aromatic rings. The minimum absolute atomic E-state index is 0.0129. The quantitative estimate of drug-likeness (QED) is 0.350. The Hall–Kier alpha value is -1.12. The van der Waals surface area contributed by atoms with Gasteiger partial charge in [-0.3, -0.25) is 4.79 Å². The molecule has 0 saturated carbocycles. The van der Waals surface area contributed by atoms with E-state index in [0.29, 0.717) is 6.42 Å². The maximum Gasteiger partial charge on any atom is 0.245 e. The van der Waals surface area contributed by atoms with Gasteiger partial charge < -0.3 is 9.69 Å². The van der Waals surface area contributed by atoms with Crippen LogP contribution in [0, 0.1) is 0 Å². The number of amides is 1. The molecule has 0 aliphatic heterocycles. The number of hydrogen-bond acceptors (Lipinski definition) is 2. The van der Waals surface area contributed by atoms with Crippen LogP contribution in [0.4, 0.5) is 0 Å². The molecule has 0 saturated heterocycles. The molecule has 68 valence electrons. The van der Waals surface area contributed by atoms with Gasteiger partial charge in [0.15, 0.2) is 0 Å². The first-order valence-corrected chi connectivity index (χ1v) is 4.00. The summed E-state index contributed by atoms with van der Waals surface area (Å²) in [6, 6.07) is 0. The Bertz CT molecular complexity index is 173. The third kappa shape index (κ3) is 5.65. The standard InChI is InChI=1S/C9H15NO2/c1-10(2)9(12)7-5-3-4-6-8-11/h5,7-8H,3-4,6H2,1-2H3/b7-5+. The van der Waals surface area contributed by atoms with Gasteiger partial charge in [-0.05, 0) is 18.9 Å². The Morgan fingerprint density at radius 2 is 2.00 bits per heavy atom. The molecular weight excluding hydrogens is 154 g/mol. The van der Waals surface area contributed by atoms with Crippen molar-refractivity contribution >= 4 is 12.2 Å². The highest BCUT2D eigenvalue weighted by Crippen LogP contribution is 1.94. The first kappa shape index (κ1) is 10.9. The van der Waals surface area contributed by atoms with E-state index in [0.717, 1.165) is 19.1 Å². The fourth-order valence-corrected chi connectivity index (χ4v) is 0.652. The molecule has 0 heterocycles. The second-order valence-corrected chi connectivity index (χ2v) is 2.73. The molecule has 0 radical (unpaired) electrons. The predicted octanol–water partition coefficient (Wildman–Crippen LogP) is 1.00. The second-order valence-electron chi connectivity index (χ2n) is 2.73. The average molecular weight is 169 g/mol. The number of unbranched alkanes of at least 4 members (excludes halogenated alkanes) is 2. The minimum Gasteiger partial charge on any atom is -0.345 e. The lowest BCUT2D eigenvalue weighted by atomic mass is 10.2. The molecule has 0 atom stereocenters. The normalized spacial score (nSPS) is 10.2. The summed E-state index contributed by atoms with van der Waals surface area (Å²) >= 11 is 0. The van der Waals surface area contributed by atoms with Gasteiger partial charge >= 0.3 is 0 Å². The molecule has 0 aromatic carbocycles. The van der Waals surface area contributed by atoms with Crippen LogP contribution >= 0.6 is 0 Å². The SMILES string of the molecule is CN(C)C(=O)/C=C/CCCC=O. The maximum atomic E-state index is 10.9. The monoisotopic (exact) mass is 169 g/mol. The number of hydrogen-bond donors (Lipinski definition) is 0. The van der Waals surface area contributed by atoms with E-state index in [9.17, 15) is 9.59 Å². The Kier molecular flexibility index (Phi) is 5.97. The van der Waals surface area contributed by atoms with Crippen molar-refractivity contribution in [3.8, 4) is 0 Å². The van der Waals surface area contributed by atoms with Gasteiger partial charge in [0.2, 0.25) is 5.91 Å². The van der Waals surface area contributed by atoms with E-state index in [-0.39, 0.29) is 5.91 Å². The summed E-state index contributed by atoms with van der Waals surface area (Å²) in [6.45, 7) is 0. The van der Waals surface area contributed by atoms with E-state index in [1.165, 1.54) is 11.0 Å². The summed E-state index contributed by atoms with van der Waals surface area (Å²) in [5.41, 5.74) is 0. The number of carbonyl (C=O) groups excluding carboxylic acids is 2.